The minimum absolute atomic E-state index is 0.189. The summed E-state index contributed by atoms with van der Waals surface area (Å²) in [6.07, 6.45) is 3.45. The lowest BCUT2D eigenvalue weighted by Gasteiger charge is -2.19. The molecular weight excluding hydrogens is 390 g/mol. The highest BCUT2D eigenvalue weighted by Crippen LogP contribution is 2.35. The van der Waals surface area contributed by atoms with Crippen LogP contribution in [0.3, 0.4) is 0 Å². The molecule has 1 aliphatic rings. The van der Waals surface area contributed by atoms with Gasteiger partial charge in [-0.05, 0) is 81.8 Å². The fourth-order valence-electron chi connectivity index (χ4n) is 3.25. The molecule has 2 aromatic rings. The Kier molecular flexibility index (Phi) is 5.93. The maximum Gasteiger partial charge on any atom is 0.329 e. The summed E-state index contributed by atoms with van der Waals surface area (Å²) in [4.78, 5) is 42.8. The van der Waals surface area contributed by atoms with E-state index >= 15 is 0 Å². The lowest BCUT2D eigenvalue weighted by Crippen LogP contribution is -2.42. The van der Waals surface area contributed by atoms with Crippen molar-refractivity contribution < 1.29 is 19.1 Å². The Morgan fingerprint density at radius 1 is 1.28 bits per heavy atom. The third kappa shape index (κ3) is 3.98. The molecule has 2 amide bonds. The first-order valence-electron chi connectivity index (χ1n) is 9.30. The quantitative estimate of drug-likeness (QED) is 0.548. The zero-order valence-corrected chi connectivity index (χ0v) is 17.9. The van der Waals surface area contributed by atoms with Crippen LogP contribution in [0.5, 0.6) is 0 Å². The Labute approximate surface area is 173 Å². The molecule has 1 fully saturated rings. The Morgan fingerprint density at radius 3 is 2.66 bits per heavy atom. The molecule has 3 rings (SSSR count). The number of hydrogen-bond donors (Lipinski definition) is 0. The number of rotatable bonds is 5. The molecule has 1 atom stereocenters. The van der Waals surface area contributed by atoms with E-state index in [1.54, 1.807) is 19.2 Å². The molecule has 0 unspecified atom stereocenters. The summed E-state index contributed by atoms with van der Waals surface area (Å²) >= 11 is 0.828. The normalized spacial score (nSPS) is 16.6. The summed E-state index contributed by atoms with van der Waals surface area (Å²) in [5.74, 6) is -0.289. The van der Waals surface area contributed by atoms with E-state index in [2.05, 4.69) is 4.98 Å². The zero-order chi connectivity index (χ0) is 21.3. The van der Waals surface area contributed by atoms with Crippen LogP contribution >= 0.6 is 11.8 Å². The minimum atomic E-state index is -0.961. The number of esters is 1. The number of aromatic nitrogens is 2. The fraction of sp³-hybridized carbons (Fsp3) is 0.333. The lowest BCUT2D eigenvalue weighted by atomic mass is 10.2. The van der Waals surface area contributed by atoms with Crippen LogP contribution in [0.25, 0.3) is 11.9 Å². The van der Waals surface area contributed by atoms with Gasteiger partial charge in [-0.2, -0.15) is 0 Å². The third-order valence-electron chi connectivity index (χ3n) is 4.73. The highest BCUT2D eigenvalue weighted by Gasteiger charge is 2.41. The van der Waals surface area contributed by atoms with Gasteiger partial charge in [-0.3, -0.25) is 14.5 Å². The van der Waals surface area contributed by atoms with Gasteiger partial charge in [-0.15, -0.1) is 0 Å². The Bertz CT molecular complexity index is 1020. The summed E-state index contributed by atoms with van der Waals surface area (Å²) < 4.78 is 6.94. The van der Waals surface area contributed by atoms with Crippen molar-refractivity contribution in [2.75, 3.05) is 6.61 Å². The van der Waals surface area contributed by atoms with Gasteiger partial charge in [0.15, 0.2) is 0 Å². The van der Waals surface area contributed by atoms with Crippen molar-refractivity contribution in [3.8, 4) is 5.82 Å². The van der Waals surface area contributed by atoms with Gasteiger partial charge in [0.2, 0.25) is 0 Å². The standard InChI is InChI=1S/C21H23N3O4S/c1-6-28-20(26)15(5)24-19(25)17(29-21(24)27)11-16-10-13(3)23(14(16)4)18-9-12(2)7-8-22-18/h7-11,15H,6H2,1-5H3/b17-11-/t15-/m1/s1. The average molecular weight is 413 g/mol. The number of thioether (sulfide) groups is 1. The van der Waals surface area contributed by atoms with Crippen LogP contribution in [0.4, 0.5) is 4.79 Å². The molecule has 152 valence electrons. The Balaban J connectivity index is 1.93. The number of pyridine rings is 1. The van der Waals surface area contributed by atoms with E-state index in [4.69, 9.17) is 4.74 Å². The van der Waals surface area contributed by atoms with Gasteiger partial charge >= 0.3 is 5.97 Å². The smallest absolute Gasteiger partial charge is 0.329 e. The topological polar surface area (TPSA) is 81.5 Å². The van der Waals surface area contributed by atoms with Crippen LogP contribution < -0.4 is 0 Å². The zero-order valence-electron chi connectivity index (χ0n) is 17.1. The van der Waals surface area contributed by atoms with Crippen molar-refractivity contribution in [2.45, 2.75) is 40.7 Å². The first-order valence-corrected chi connectivity index (χ1v) is 10.1. The van der Waals surface area contributed by atoms with Crippen molar-refractivity contribution in [1.29, 1.82) is 0 Å². The number of nitrogens with zero attached hydrogens (tertiary/aromatic N) is 3. The fourth-order valence-corrected chi connectivity index (χ4v) is 4.15. The van der Waals surface area contributed by atoms with Crippen molar-refractivity contribution in [3.05, 3.63) is 51.8 Å². The third-order valence-corrected chi connectivity index (χ3v) is 5.61. The molecule has 8 heteroatoms. The maximum absolute atomic E-state index is 12.8. The van der Waals surface area contributed by atoms with Gasteiger partial charge in [-0.25, -0.2) is 9.78 Å². The molecular formula is C21H23N3O4S. The SMILES string of the molecule is CCOC(=O)[C@@H](C)N1C(=O)S/C(=C\c2cc(C)n(-c3cc(C)ccn3)c2C)C1=O. The molecule has 7 nitrogen and oxygen atoms in total. The molecule has 3 heterocycles. The summed E-state index contributed by atoms with van der Waals surface area (Å²) in [5.41, 5.74) is 3.79. The van der Waals surface area contributed by atoms with Crippen molar-refractivity contribution in [3.63, 3.8) is 0 Å². The average Bonchev–Trinajstić information content (AvgIpc) is 3.09. The molecule has 0 aromatic carbocycles. The molecule has 29 heavy (non-hydrogen) atoms. The summed E-state index contributed by atoms with van der Waals surface area (Å²) in [7, 11) is 0. The van der Waals surface area contributed by atoms with E-state index < -0.39 is 23.2 Å². The molecule has 0 bridgehead atoms. The van der Waals surface area contributed by atoms with Gasteiger partial charge in [0.05, 0.1) is 11.5 Å². The molecule has 0 N–H and O–H groups in total. The van der Waals surface area contributed by atoms with E-state index in [0.717, 1.165) is 45.0 Å². The van der Waals surface area contributed by atoms with E-state index in [1.165, 1.54) is 6.92 Å². The molecule has 0 spiro atoms. The van der Waals surface area contributed by atoms with E-state index in [1.807, 2.05) is 43.5 Å². The molecule has 0 radical (unpaired) electrons. The number of aryl methyl sites for hydroxylation is 2. The molecule has 1 saturated heterocycles. The van der Waals surface area contributed by atoms with Crippen LogP contribution in [0.15, 0.2) is 29.3 Å². The summed E-state index contributed by atoms with van der Waals surface area (Å²) in [6, 6.07) is 4.90. The number of carbonyl (C=O) groups is 3. The van der Waals surface area contributed by atoms with Gasteiger partial charge in [0.1, 0.15) is 11.9 Å². The number of carbonyl (C=O) groups excluding carboxylic acids is 3. The van der Waals surface area contributed by atoms with Crippen molar-refractivity contribution >= 4 is 35.0 Å². The highest BCUT2D eigenvalue weighted by atomic mass is 32.2. The predicted octanol–water partition coefficient (Wildman–Crippen LogP) is 3.79. The summed E-state index contributed by atoms with van der Waals surface area (Å²) in [5, 5.41) is -0.476. The number of ether oxygens (including phenoxy) is 1. The Hall–Kier alpha value is -2.87. The maximum atomic E-state index is 12.8. The van der Waals surface area contributed by atoms with Crippen LogP contribution in [0, 0.1) is 20.8 Å². The van der Waals surface area contributed by atoms with Crippen molar-refractivity contribution in [2.24, 2.45) is 0 Å². The predicted molar refractivity (Wildman–Crippen MR) is 112 cm³/mol. The van der Waals surface area contributed by atoms with Gasteiger partial charge in [0, 0.05) is 17.6 Å². The second-order valence-electron chi connectivity index (χ2n) is 6.83. The first-order chi connectivity index (χ1) is 13.7. The van der Waals surface area contributed by atoms with E-state index in [-0.39, 0.29) is 11.5 Å². The number of hydrogen-bond acceptors (Lipinski definition) is 6. The highest BCUT2D eigenvalue weighted by molar-refractivity contribution is 8.18. The van der Waals surface area contributed by atoms with Crippen LogP contribution in [0.1, 0.15) is 36.4 Å². The van der Waals surface area contributed by atoms with Crippen molar-refractivity contribution in [1.82, 2.24) is 14.5 Å². The van der Waals surface area contributed by atoms with Gasteiger partial charge in [0.25, 0.3) is 11.1 Å². The van der Waals surface area contributed by atoms with E-state index in [0.29, 0.717) is 0 Å². The molecule has 0 aliphatic carbocycles. The summed E-state index contributed by atoms with van der Waals surface area (Å²) in [6.45, 7) is 9.26. The Morgan fingerprint density at radius 2 is 2.00 bits per heavy atom. The largest absolute Gasteiger partial charge is 0.464 e. The van der Waals surface area contributed by atoms with Gasteiger partial charge < -0.3 is 9.30 Å². The minimum Gasteiger partial charge on any atom is -0.464 e. The lowest BCUT2D eigenvalue weighted by molar-refractivity contribution is -0.150. The molecule has 0 saturated carbocycles. The van der Waals surface area contributed by atoms with Gasteiger partial charge in [-0.1, -0.05) is 0 Å². The van der Waals surface area contributed by atoms with Crippen LogP contribution in [0.2, 0.25) is 0 Å². The molecule has 1 aliphatic heterocycles. The first kappa shape index (κ1) is 20.9. The monoisotopic (exact) mass is 413 g/mol. The molecule has 2 aromatic heterocycles. The second kappa shape index (κ2) is 8.24. The second-order valence-corrected chi connectivity index (χ2v) is 7.83. The number of imide groups is 1. The number of amides is 2. The van der Waals surface area contributed by atoms with Crippen LogP contribution in [-0.2, 0) is 14.3 Å². The van der Waals surface area contributed by atoms with Crippen LogP contribution in [-0.4, -0.2) is 44.2 Å². The van der Waals surface area contributed by atoms with E-state index in [9.17, 15) is 14.4 Å².